The number of halogens is 2. The van der Waals surface area contributed by atoms with Crippen LogP contribution in [0.4, 0.5) is 14.5 Å². The number of benzene rings is 1. The number of aromatic nitrogens is 3. The summed E-state index contributed by atoms with van der Waals surface area (Å²) >= 11 is 1.24. The quantitative estimate of drug-likeness (QED) is 0.728. The molecule has 132 valence electrons. The fourth-order valence-corrected chi connectivity index (χ4v) is 2.89. The zero-order valence-corrected chi connectivity index (χ0v) is 13.9. The summed E-state index contributed by atoms with van der Waals surface area (Å²) in [4.78, 5) is 23.5. The van der Waals surface area contributed by atoms with Crippen molar-refractivity contribution in [2.24, 2.45) is 0 Å². The number of nitrogens with one attached hydrogen (secondary N) is 2. The average Bonchev–Trinajstić information content (AvgIpc) is 3.32. The zero-order chi connectivity index (χ0) is 17.8. The van der Waals surface area contributed by atoms with E-state index in [2.05, 4.69) is 20.8 Å². The van der Waals surface area contributed by atoms with Gasteiger partial charge in [-0.05, 0) is 25.0 Å². The smallest absolute Gasteiger partial charge is 0.243 e. The third-order valence-electron chi connectivity index (χ3n) is 3.46. The monoisotopic (exact) mass is 367 g/mol. The lowest BCUT2D eigenvalue weighted by Gasteiger charge is -2.07. The Bertz CT molecular complexity index is 794. The minimum absolute atomic E-state index is 0.101. The van der Waals surface area contributed by atoms with Crippen LogP contribution in [0.25, 0.3) is 0 Å². The standard InChI is InChI=1S/C15H15F2N5O2S/c16-11-4-1-9(5-12(11)17)20-13(23)6-18-14(24)7-25-15-21-19-8-22(15)10-2-3-10/h1,4-5,8,10H,2-3,6-7H2,(H,18,24)(H,20,23). The van der Waals surface area contributed by atoms with Crippen LogP contribution in [-0.4, -0.2) is 38.9 Å². The Morgan fingerprint density at radius 2 is 2.04 bits per heavy atom. The fraction of sp³-hybridized carbons (Fsp3) is 0.333. The molecule has 0 bridgehead atoms. The van der Waals surface area contributed by atoms with E-state index in [4.69, 9.17) is 0 Å². The van der Waals surface area contributed by atoms with Gasteiger partial charge in [-0.25, -0.2) is 8.78 Å². The maximum Gasteiger partial charge on any atom is 0.243 e. The van der Waals surface area contributed by atoms with Gasteiger partial charge in [-0.1, -0.05) is 11.8 Å². The van der Waals surface area contributed by atoms with E-state index in [1.807, 2.05) is 4.57 Å². The molecule has 0 atom stereocenters. The van der Waals surface area contributed by atoms with E-state index < -0.39 is 17.5 Å². The van der Waals surface area contributed by atoms with Crippen LogP contribution in [0.2, 0.25) is 0 Å². The maximum absolute atomic E-state index is 13.1. The molecule has 2 N–H and O–H groups in total. The van der Waals surface area contributed by atoms with Gasteiger partial charge in [-0.2, -0.15) is 0 Å². The summed E-state index contributed by atoms with van der Waals surface area (Å²) in [5, 5.41) is 13.3. The molecule has 0 radical (unpaired) electrons. The second-order valence-corrected chi connectivity index (χ2v) is 6.44. The van der Waals surface area contributed by atoms with Crippen LogP contribution in [0.3, 0.4) is 0 Å². The molecule has 3 rings (SSSR count). The molecule has 7 nitrogen and oxygen atoms in total. The molecule has 1 fully saturated rings. The molecule has 25 heavy (non-hydrogen) atoms. The SMILES string of the molecule is O=C(CSc1nncn1C1CC1)NCC(=O)Nc1ccc(F)c(F)c1. The summed E-state index contributed by atoms with van der Waals surface area (Å²) < 4.78 is 27.8. The molecule has 0 unspecified atom stereocenters. The second-order valence-electron chi connectivity index (χ2n) is 5.49. The molecule has 10 heteroatoms. The van der Waals surface area contributed by atoms with Crippen LogP contribution in [-0.2, 0) is 9.59 Å². The summed E-state index contributed by atoms with van der Waals surface area (Å²) in [6.45, 7) is -0.270. The lowest BCUT2D eigenvalue weighted by molar-refractivity contribution is -0.122. The van der Waals surface area contributed by atoms with Crippen molar-refractivity contribution in [1.82, 2.24) is 20.1 Å². The molecule has 1 aromatic carbocycles. The minimum Gasteiger partial charge on any atom is -0.346 e. The molecule has 1 aliphatic carbocycles. The summed E-state index contributed by atoms with van der Waals surface area (Å²) in [6, 6.07) is 3.44. The van der Waals surface area contributed by atoms with Gasteiger partial charge in [0.25, 0.3) is 0 Å². The topological polar surface area (TPSA) is 88.9 Å². The minimum atomic E-state index is -1.06. The van der Waals surface area contributed by atoms with Crippen molar-refractivity contribution in [2.45, 2.75) is 24.0 Å². The fourth-order valence-electron chi connectivity index (χ4n) is 2.08. The number of anilines is 1. The first kappa shape index (κ1) is 17.3. The lowest BCUT2D eigenvalue weighted by Crippen LogP contribution is -2.34. The Kier molecular flexibility index (Phi) is 5.27. The molecule has 0 aliphatic heterocycles. The van der Waals surface area contributed by atoms with Crippen LogP contribution in [0, 0.1) is 11.6 Å². The summed E-state index contributed by atoms with van der Waals surface area (Å²) in [7, 11) is 0. The molecular weight excluding hydrogens is 352 g/mol. The van der Waals surface area contributed by atoms with Gasteiger partial charge in [-0.15, -0.1) is 10.2 Å². The number of hydrogen-bond acceptors (Lipinski definition) is 5. The predicted octanol–water partition coefficient (Wildman–Crippen LogP) is 1.74. The van der Waals surface area contributed by atoms with Crippen LogP contribution < -0.4 is 10.6 Å². The summed E-state index contributed by atoms with van der Waals surface area (Å²) in [5.74, 6) is -2.83. The van der Waals surface area contributed by atoms with Gasteiger partial charge in [0.05, 0.1) is 12.3 Å². The van der Waals surface area contributed by atoms with Gasteiger partial charge in [0.15, 0.2) is 16.8 Å². The summed E-state index contributed by atoms with van der Waals surface area (Å²) in [5.41, 5.74) is 0.116. The maximum atomic E-state index is 13.1. The highest BCUT2D eigenvalue weighted by molar-refractivity contribution is 7.99. The largest absolute Gasteiger partial charge is 0.346 e. The van der Waals surface area contributed by atoms with E-state index in [0.717, 1.165) is 25.0 Å². The highest BCUT2D eigenvalue weighted by Crippen LogP contribution is 2.37. The van der Waals surface area contributed by atoms with Gasteiger partial charge >= 0.3 is 0 Å². The van der Waals surface area contributed by atoms with Crippen LogP contribution in [0.5, 0.6) is 0 Å². The molecule has 1 saturated carbocycles. The first-order chi connectivity index (χ1) is 12.0. The molecule has 1 aromatic heterocycles. The number of carbonyl (C=O) groups is 2. The second kappa shape index (κ2) is 7.60. The third-order valence-corrected chi connectivity index (χ3v) is 4.42. The Morgan fingerprint density at radius 1 is 1.24 bits per heavy atom. The Labute approximate surface area is 146 Å². The van der Waals surface area contributed by atoms with Crippen molar-refractivity contribution in [2.75, 3.05) is 17.6 Å². The van der Waals surface area contributed by atoms with Crippen molar-refractivity contribution in [3.63, 3.8) is 0 Å². The van der Waals surface area contributed by atoms with E-state index in [1.165, 1.54) is 17.8 Å². The highest BCUT2D eigenvalue weighted by Gasteiger charge is 2.26. The number of hydrogen-bond donors (Lipinski definition) is 2. The zero-order valence-electron chi connectivity index (χ0n) is 13.0. The van der Waals surface area contributed by atoms with E-state index in [-0.39, 0.29) is 23.9 Å². The number of carbonyl (C=O) groups excluding carboxylic acids is 2. The number of rotatable bonds is 7. The molecular formula is C15H15F2N5O2S. The van der Waals surface area contributed by atoms with Crippen molar-refractivity contribution >= 4 is 29.3 Å². The van der Waals surface area contributed by atoms with Gasteiger partial charge < -0.3 is 15.2 Å². The van der Waals surface area contributed by atoms with Crippen LogP contribution in [0.1, 0.15) is 18.9 Å². The van der Waals surface area contributed by atoms with Crippen LogP contribution >= 0.6 is 11.8 Å². The normalized spacial score (nSPS) is 13.5. The molecule has 2 aromatic rings. The van der Waals surface area contributed by atoms with E-state index in [9.17, 15) is 18.4 Å². The van der Waals surface area contributed by atoms with Gasteiger partial charge in [0.1, 0.15) is 6.33 Å². The molecule has 1 heterocycles. The molecule has 0 saturated heterocycles. The summed E-state index contributed by atoms with van der Waals surface area (Å²) in [6.07, 6.45) is 3.82. The predicted molar refractivity (Wildman–Crippen MR) is 87.0 cm³/mol. The Balaban J connectivity index is 1.41. The van der Waals surface area contributed by atoms with Crippen LogP contribution in [0.15, 0.2) is 29.7 Å². The highest BCUT2D eigenvalue weighted by atomic mass is 32.2. The lowest BCUT2D eigenvalue weighted by atomic mass is 10.3. The molecule has 0 spiro atoms. The first-order valence-electron chi connectivity index (χ1n) is 7.57. The van der Waals surface area contributed by atoms with Gasteiger partial charge in [0, 0.05) is 17.8 Å². The first-order valence-corrected chi connectivity index (χ1v) is 8.55. The van der Waals surface area contributed by atoms with Gasteiger partial charge in [-0.3, -0.25) is 9.59 Å². The average molecular weight is 367 g/mol. The number of thioether (sulfide) groups is 1. The van der Waals surface area contributed by atoms with Gasteiger partial charge in [0.2, 0.25) is 11.8 Å². The number of amides is 2. The molecule has 2 amide bonds. The Hall–Kier alpha value is -2.49. The molecule has 1 aliphatic rings. The van der Waals surface area contributed by atoms with E-state index >= 15 is 0 Å². The van der Waals surface area contributed by atoms with E-state index in [0.29, 0.717) is 11.2 Å². The third kappa shape index (κ3) is 4.75. The Morgan fingerprint density at radius 3 is 2.76 bits per heavy atom. The van der Waals surface area contributed by atoms with Crippen molar-refractivity contribution < 1.29 is 18.4 Å². The van der Waals surface area contributed by atoms with E-state index in [1.54, 1.807) is 6.33 Å². The van der Waals surface area contributed by atoms with Crippen molar-refractivity contribution in [3.05, 3.63) is 36.2 Å². The number of nitrogens with zero attached hydrogens (tertiary/aromatic N) is 3. The van der Waals surface area contributed by atoms with Crippen molar-refractivity contribution in [1.29, 1.82) is 0 Å². The van der Waals surface area contributed by atoms with Crippen molar-refractivity contribution in [3.8, 4) is 0 Å².